The first kappa shape index (κ1) is 12.7. The minimum atomic E-state index is -0.897. The van der Waals surface area contributed by atoms with E-state index in [2.05, 4.69) is 4.98 Å². The van der Waals surface area contributed by atoms with E-state index >= 15 is 0 Å². The van der Waals surface area contributed by atoms with E-state index in [0.29, 0.717) is 5.56 Å². The van der Waals surface area contributed by atoms with E-state index in [0.717, 1.165) is 28.6 Å². The van der Waals surface area contributed by atoms with Gasteiger partial charge in [-0.25, -0.2) is 8.78 Å². The molecule has 2 aromatic carbocycles. The molecule has 0 saturated carbocycles. The van der Waals surface area contributed by atoms with E-state index in [-0.39, 0.29) is 0 Å². The summed E-state index contributed by atoms with van der Waals surface area (Å²) in [5.74, 6) is -1.77. The molecule has 0 amide bonds. The second kappa shape index (κ2) is 4.98. The zero-order valence-corrected chi connectivity index (χ0v) is 10.6. The third-order valence-corrected chi connectivity index (χ3v) is 3.27. The Kier molecular flexibility index (Phi) is 3.16. The summed E-state index contributed by atoms with van der Waals surface area (Å²) >= 11 is 0. The van der Waals surface area contributed by atoms with Crippen molar-refractivity contribution in [2.24, 2.45) is 5.73 Å². The van der Waals surface area contributed by atoms with Gasteiger partial charge in [-0.15, -0.1) is 0 Å². The minimum Gasteiger partial charge on any atom is -0.320 e. The van der Waals surface area contributed by atoms with Crippen LogP contribution in [0.25, 0.3) is 10.9 Å². The summed E-state index contributed by atoms with van der Waals surface area (Å²) in [7, 11) is 0. The van der Waals surface area contributed by atoms with Gasteiger partial charge in [-0.3, -0.25) is 4.98 Å². The molecule has 20 heavy (non-hydrogen) atoms. The summed E-state index contributed by atoms with van der Waals surface area (Å²) in [6, 6.07) is 12.7. The van der Waals surface area contributed by atoms with Crippen molar-refractivity contribution in [2.45, 2.75) is 6.04 Å². The number of nitrogens with two attached hydrogens (primary N) is 1. The smallest absolute Gasteiger partial charge is 0.159 e. The fraction of sp³-hybridized carbons (Fsp3) is 0.0625. The first-order valence-corrected chi connectivity index (χ1v) is 6.20. The van der Waals surface area contributed by atoms with Gasteiger partial charge < -0.3 is 5.73 Å². The first-order chi connectivity index (χ1) is 9.65. The summed E-state index contributed by atoms with van der Waals surface area (Å²) in [5, 5.41) is 0.961. The fourth-order valence-corrected chi connectivity index (χ4v) is 2.16. The lowest BCUT2D eigenvalue weighted by atomic mass is 9.99. The number of para-hydroxylation sites is 1. The number of benzene rings is 2. The van der Waals surface area contributed by atoms with Crippen LogP contribution in [0.2, 0.25) is 0 Å². The lowest BCUT2D eigenvalue weighted by molar-refractivity contribution is 0.506. The molecule has 3 rings (SSSR count). The van der Waals surface area contributed by atoms with E-state index in [4.69, 9.17) is 5.73 Å². The Bertz CT molecular complexity index is 771. The Morgan fingerprint density at radius 3 is 2.50 bits per heavy atom. The molecule has 0 bridgehead atoms. The van der Waals surface area contributed by atoms with Crippen molar-refractivity contribution in [1.82, 2.24) is 4.98 Å². The maximum absolute atomic E-state index is 13.3. The van der Waals surface area contributed by atoms with Crippen molar-refractivity contribution in [3.05, 3.63) is 77.5 Å². The van der Waals surface area contributed by atoms with Gasteiger partial charge in [0.2, 0.25) is 0 Å². The molecule has 0 radical (unpaired) electrons. The molecule has 3 aromatic rings. The normalized spacial score (nSPS) is 12.6. The molecule has 0 saturated heterocycles. The van der Waals surface area contributed by atoms with Crippen LogP contribution in [0.3, 0.4) is 0 Å². The van der Waals surface area contributed by atoms with E-state index in [9.17, 15) is 8.78 Å². The van der Waals surface area contributed by atoms with Crippen LogP contribution >= 0.6 is 0 Å². The number of halogens is 2. The van der Waals surface area contributed by atoms with Crippen LogP contribution in [0.1, 0.15) is 17.2 Å². The molecule has 2 N–H and O–H groups in total. The monoisotopic (exact) mass is 270 g/mol. The van der Waals surface area contributed by atoms with Gasteiger partial charge in [-0.2, -0.15) is 0 Å². The van der Waals surface area contributed by atoms with Crippen molar-refractivity contribution in [2.75, 3.05) is 0 Å². The van der Waals surface area contributed by atoms with Crippen molar-refractivity contribution >= 4 is 10.9 Å². The van der Waals surface area contributed by atoms with Gasteiger partial charge in [0.15, 0.2) is 11.6 Å². The highest BCUT2D eigenvalue weighted by atomic mass is 19.2. The summed E-state index contributed by atoms with van der Waals surface area (Å²) in [4.78, 5) is 4.32. The Hall–Kier alpha value is -2.33. The molecule has 4 heteroatoms. The van der Waals surface area contributed by atoms with Crippen molar-refractivity contribution < 1.29 is 8.78 Å². The van der Waals surface area contributed by atoms with Gasteiger partial charge in [0.1, 0.15) is 0 Å². The second-order valence-electron chi connectivity index (χ2n) is 4.61. The maximum Gasteiger partial charge on any atom is 0.159 e. The van der Waals surface area contributed by atoms with Crippen molar-refractivity contribution in [3.8, 4) is 0 Å². The van der Waals surface area contributed by atoms with Gasteiger partial charge in [0, 0.05) is 11.6 Å². The molecule has 0 aliphatic carbocycles. The van der Waals surface area contributed by atoms with Crippen LogP contribution in [-0.4, -0.2) is 4.98 Å². The molecule has 1 heterocycles. The molecule has 0 fully saturated rings. The lowest BCUT2D eigenvalue weighted by Crippen LogP contribution is -2.12. The largest absolute Gasteiger partial charge is 0.320 e. The average Bonchev–Trinajstić information content (AvgIpc) is 2.49. The van der Waals surface area contributed by atoms with Crippen LogP contribution in [0.15, 0.2) is 54.7 Å². The van der Waals surface area contributed by atoms with Gasteiger partial charge >= 0.3 is 0 Å². The van der Waals surface area contributed by atoms with Crippen LogP contribution < -0.4 is 5.73 Å². The molecule has 0 aliphatic heterocycles. The predicted octanol–water partition coefficient (Wildman–Crippen LogP) is 3.56. The lowest BCUT2D eigenvalue weighted by Gasteiger charge is -2.13. The van der Waals surface area contributed by atoms with Gasteiger partial charge in [-0.1, -0.05) is 24.3 Å². The van der Waals surface area contributed by atoms with Gasteiger partial charge in [0.25, 0.3) is 0 Å². The summed E-state index contributed by atoms with van der Waals surface area (Å²) in [6.07, 6.45) is 1.66. The van der Waals surface area contributed by atoms with Crippen LogP contribution in [0.4, 0.5) is 8.78 Å². The number of hydrogen-bond donors (Lipinski definition) is 1. The molecule has 1 unspecified atom stereocenters. The number of rotatable bonds is 2. The third-order valence-electron chi connectivity index (χ3n) is 3.27. The summed E-state index contributed by atoms with van der Waals surface area (Å²) < 4.78 is 26.2. The number of nitrogens with zero attached hydrogens (tertiary/aromatic N) is 1. The molecule has 2 nitrogen and oxygen atoms in total. The Morgan fingerprint density at radius 2 is 1.70 bits per heavy atom. The predicted molar refractivity (Wildman–Crippen MR) is 74.1 cm³/mol. The number of aromatic nitrogens is 1. The number of fused-ring (bicyclic) bond motifs is 1. The topological polar surface area (TPSA) is 38.9 Å². The molecular formula is C16H12F2N2. The zero-order valence-electron chi connectivity index (χ0n) is 10.6. The minimum absolute atomic E-state index is 0.515. The summed E-state index contributed by atoms with van der Waals surface area (Å²) in [6.45, 7) is 0. The van der Waals surface area contributed by atoms with Gasteiger partial charge in [0.05, 0.1) is 11.6 Å². The Balaban J connectivity index is 2.02. The highest BCUT2D eigenvalue weighted by Crippen LogP contribution is 2.23. The molecule has 100 valence electrons. The average molecular weight is 270 g/mol. The summed E-state index contributed by atoms with van der Waals surface area (Å²) in [5.41, 5.74) is 8.24. The Morgan fingerprint density at radius 1 is 0.900 bits per heavy atom. The third kappa shape index (κ3) is 2.26. The van der Waals surface area contributed by atoms with Crippen molar-refractivity contribution in [3.63, 3.8) is 0 Å². The standard InChI is InChI=1S/C16H12F2N2/c17-13-6-5-11(8-14(13)18)16(19)12-7-10-3-1-2-4-15(10)20-9-12/h1-9,16H,19H2. The Labute approximate surface area is 114 Å². The van der Waals surface area contributed by atoms with E-state index < -0.39 is 17.7 Å². The van der Waals surface area contributed by atoms with E-state index in [1.54, 1.807) is 6.20 Å². The zero-order chi connectivity index (χ0) is 14.1. The molecule has 1 aromatic heterocycles. The molecule has 0 aliphatic rings. The van der Waals surface area contributed by atoms with Crippen LogP contribution in [-0.2, 0) is 0 Å². The molecular weight excluding hydrogens is 258 g/mol. The highest BCUT2D eigenvalue weighted by Gasteiger charge is 2.12. The fourth-order valence-electron chi connectivity index (χ4n) is 2.16. The second-order valence-corrected chi connectivity index (χ2v) is 4.61. The van der Waals surface area contributed by atoms with E-state index in [1.807, 2.05) is 30.3 Å². The van der Waals surface area contributed by atoms with Crippen LogP contribution in [0.5, 0.6) is 0 Å². The maximum atomic E-state index is 13.3. The SMILES string of the molecule is NC(c1ccc(F)c(F)c1)c1cnc2ccccc2c1. The molecule has 1 atom stereocenters. The number of pyridine rings is 1. The highest BCUT2D eigenvalue weighted by molar-refractivity contribution is 5.78. The number of hydrogen-bond acceptors (Lipinski definition) is 2. The van der Waals surface area contributed by atoms with Crippen molar-refractivity contribution in [1.29, 1.82) is 0 Å². The van der Waals surface area contributed by atoms with E-state index in [1.165, 1.54) is 6.07 Å². The molecule has 0 spiro atoms. The first-order valence-electron chi connectivity index (χ1n) is 6.20. The van der Waals surface area contributed by atoms with Gasteiger partial charge in [-0.05, 0) is 35.4 Å². The van der Waals surface area contributed by atoms with Crippen LogP contribution in [0, 0.1) is 11.6 Å². The quantitative estimate of drug-likeness (QED) is 0.773.